The number of halogens is 1. The number of nitrogens with zero attached hydrogens (tertiary/aromatic N) is 3. The number of methoxy groups -OCH3 is 1. The zero-order chi connectivity index (χ0) is 46.4. The molecule has 0 radical (unpaired) electrons. The highest BCUT2D eigenvalue weighted by atomic mass is 35.5. The largest absolute Gasteiger partial charge is 0.497 e. The van der Waals surface area contributed by atoms with Gasteiger partial charge in [0, 0.05) is 49.6 Å². The number of fused-ring (bicyclic) bond motifs is 1. The predicted molar refractivity (Wildman–Crippen MR) is 240 cm³/mol. The predicted octanol–water partition coefficient (Wildman–Crippen LogP) is 5.05. The third-order valence-corrected chi connectivity index (χ3v) is 12.8. The summed E-state index contributed by atoms with van der Waals surface area (Å²) in [5.74, 6) is -2.26. The number of carbonyl (C=O) groups is 5. The van der Waals surface area contributed by atoms with Crippen molar-refractivity contribution in [3.05, 3.63) is 97.6 Å². The number of sulfonamides is 1. The average Bonchev–Trinajstić information content (AvgIpc) is 3.86. The van der Waals surface area contributed by atoms with Crippen LogP contribution in [0.4, 0.5) is 4.79 Å². The van der Waals surface area contributed by atoms with Crippen molar-refractivity contribution in [2.75, 3.05) is 39.7 Å². The summed E-state index contributed by atoms with van der Waals surface area (Å²) in [5.41, 5.74) is -0.255. The molecule has 64 heavy (non-hydrogen) atoms. The van der Waals surface area contributed by atoms with Gasteiger partial charge in [0.1, 0.15) is 41.2 Å². The normalized spacial score (nSPS) is 19.8. The molecular formula is C46H53ClN6O10S. The lowest BCUT2D eigenvalue weighted by Gasteiger charge is -2.30. The van der Waals surface area contributed by atoms with E-state index in [1.807, 2.05) is 30.3 Å². The lowest BCUT2D eigenvalue weighted by atomic mass is 10.0. The number of pyridine rings is 1. The molecule has 4 aromatic rings. The number of benzene rings is 3. The number of hydrogen-bond acceptors (Lipinski definition) is 11. The minimum absolute atomic E-state index is 0.0174. The zero-order valence-electron chi connectivity index (χ0n) is 36.3. The first-order chi connectivity index (χ1) is 30.4. The number of amides is 5. The molecule has 1 aliphatic carbocycles. The molecule has 2 aliphatic rings. The number of aromatic nitrogens is 1. The van der Waals surface area contributed by atoms with Crippen LogP contribution in [0.1, 0.15) is 40.0 Å². The van der Waals surface area contributed by atoms with E-state index in [0.717, 1.165) is 5.56 Å². The standard InChI is InChI=1S/C46H53ClN6O10S/c1-7-30-25-46(30,43(57)51-64(59,60)33-16-12-9-13-17-33)28-48-41(55)38-23-32(27-53(38)42(56)35(20-21-52(5)40(54)26-47)50-44(58)63-45(2,3)4)62-39-24-36(29-14-10-8-11-15-29)49-37-22-31(61-6)18-19-34(37)39/h7-19,22,24,30,32,35,38H,1,20-21,23,25-28H2,2-6H3,(H,48,55)(H,50,58)(H,51,57)/t30-,32-,35+,38+,46-/m1/s1. The number of alkyl carbamates (subject to hydrolysis) is 1. The smallest absolute Gasteiger partial charge is 0.408 e. The Balaban J connectivity index is 1.32. The second-order valence-electron chi connectivity index (χ2n) is 16.8. The Hall–Kier alpha value is -6.20. The highest BCUT2D eigenvalue weighted by Gasteiger charge is 2.59. The number of hydrogen-bond donors (Lipinski definition) is 3. The molecule has 3 N–H and O–H groups in total. The Morgan fingerprint density at radius 3 is 2.34 bits per heavy atom. The first kappa shape index (κ1) is 47.3. The molecule has 5 amide bonds. The van der Waals surface area contributed by atoms with Crippen molar-refractivity contribution in [1.29, 1.82) is 0 Å². The molecule has 3 aromatic carbocycles. The summed E-state index contributed by atoms with van der Waals surface area (Å²) in [4.78, 5) is 76.0. The number of allylic oxidation sites excluding steroid dienone is 1. The third kappa shape index (κ3) is 11.1. The van der Waals surface area contributed by atoms with Gasteiger partial charge in [-0.05, 0) is 63.8 Å². The Morgan fingerprint density at radius 1 is 1.03 bits per heavy atom. The molecule has 1 aromatic heterocycles. The molecule has 1 saturated carbocycles. The van der Waals surface area contributed by atoms with Crippen LogP contribution in [0.3, 0.4) is 0 Å². The number of ether oxygens (including phenoxy) is 3. The molecule has 1 saturated heterocycles. The number of likely N-dealkylation sites (tertiary alicyclic amines) is 1. The van der Waals surface area contributed by atoms with E-state index in [1.165, 1.54) is 47.2 Å². The molecule has 18 heteroatoms. The summed E-state index contributed by atoms with van der Waals surface area (Å²) < 4.78 is 46.2. The van der Waals surface area contributed by atoms with Gasteiger partial charge in [0.15, 0.2) is 0 Å². The number of rotatable bonds is 17. The Bertz CT molecular complexity index is 2500. The van der Waals surface area contributed by atoms with Crippen molar-refractivity contribution in [2.24, 2.45) is 11.3 Å². The lowest BCUT2D eigenvalue weighted by Crippen LogP contribution is -2.55. The summed E-state index contributed by atoms with van der Waals surface area (Å²) in [5, 5.41) is 6.11. The molecule has 340 valence electrons. The molecule has 1 aliphatic heterocycles. The van der Waals surface area contributed by atoms with E-state index < -0.39 is 74.9 Å². The molecule has 0 bridgehead atoms. The van der Waals surface area contributed by atoms with Gasteiger partial charge >= 0.3 is 6.09 Å². The van der Waals surface area contributed by atoms with Crippen LogP contribution >= 0.6 is 11.6 Å². The van der Waals surface area contributed by atoms with Gasteiger partial charge in [0.25, 0.3) is 10.0 Å². The van der Waals surface area contributed by atoms with Crippen LogP contribution in [0.25, 0.3) is 22.2 Å². The zero-order valence-corrected chi connectivity index (χ0v) is 37.9. The fraction of sp³-hybridized carbons (Fsp3) is 0.391. The van der Waals surface area contributed by atoms with Crippen molar-refractivity contribution in [3.8, 4) is 22.8 Å². The van der Waals surface area contributed by atoms with Crippen LogP contribution in [0.2, 0.25) is 0 Å². The first-order valence-corrected chi connectivity index (χ1v) is 22.7. The maximum Gasteiger partial charge on any atom is 0.408 e. The fourth-order valence-electron chi connectivity index (χ4n) is 7.60. The minimum atomic E-state index is -4.24. The van der Waals surface area contributed by atoms with Gasteiger partial charge in [-0.3, -0.25) is 19.2 Å². The summed E-state index contributed by atoms with van der Waals surface area (Å²) in [6, 6.07) is 21.6. The fourth-order valence-corrected chi connectivity index (χ4v) is 8.89. The van der Waals surface area contributed by atoms with Crippen LogP contribution in [0, 0.1) is 11.3 Å². The molecule has 0 spiro atoms. The van der Waals surface area contributed by atoms with Gasteiger partial charge in [-0.1, -0.05) is 54.6 Å². The second kappa shape index (κ2) is 19.7. The second-order valence-corrected chi connectivity index (χ2v) is 18.8. The maximum absolute atomic E-state index is 14.8. The number of nitrogens with one attached hydrogen (secondary N) is 3. The van der Waals surface area contributed by atoms with Crippen LogP contribution in [0.15, 0.2) is 102 Å². The molecule has 2 heterocycles. The summed E-state index contributed by atoms with van der Waals surface area (Å²) in [6.07, 6.45) is -0.00686. The van der Waals surface area contributed by atoms with Crippen LogP contribution in [0.5, 0.6) is 11.5 Å². The van der Waals surface area contributed by atoms with E-state index in [1.54, 1.807) is 58.2 Å². The lowest BCUT2D eigenvalue weighted by molar-refractivity contribution is -0.140. The van der Waals surface area contributed by atoms with E-state index in [9.17, 15) is 32.4 Å². The highest BCUT2D eigenvalue weighted by Crippen LogP contribution is 2.53. The highest BCUT2D eigenvalue weighted by molar-refractivity contribution is 7.90. The summed E-state index contributed by atoms with van der Waals surface area (Å²) >= 11 is 5.80. The van der Waals surface area contributed by atoms with Gasteiger partial charge in [-0.25, -0.2) is 22.9 Å². The molecule has 6 rings (SSSR count). The Morgan fingerprint density at radius 2 is 1.72 bits per heavy atom. The summed E-state index contributed by atoms with van der Waals surface area (Å²) in [6.45, 7) is 8.45. The van der Waals surface area contributed by atoms with Gasteiger partial charge in [0.2, 0.25) is 23.6 Å². The van der Waals surface area contributed by atoms with Crippen LogP contribution in [-0.4, -0.2) is 116 Å². The van der Waals surface area contributed by atoms with Crippen LogP contribution < -0.4 is 24.8 Å². The monoisotopic (exact) mass is 916 g/mol. The molecule has 0 unspecified atom stereocenters. The van der Waals surface area contributed by atoms with Crippen molar-refractivity contribution < 1.29 is 46.6 Å². The molecule has 5 atom stereocenters. The van der Waals surface area contributed by atoms with E-state index in [0.29, 0.717) is 28.1 Å². The van der Waals surface area contributed by atoms with E-state index in [2.05, 4.69) is 21.9 Å². The van der Waals surface area contributed by atoms with Crippen molar-refractivity contribution in [1.82, 2.24) is 30.1 Å². The SMILES string of the molecule is C=C[C@@H]1C[C@]1(CNC(=O)[C@@H]1C[C@@H](Oc2cc(-c3ccccc3)nc3cc(OC)ccc23)CN1C(=O)[C@H](CCN(C)C(=O)CCl)NC(=O)OC(C)(C)C)C(=O)NS(=O)(=O)c1ccccc1. The quantitative estimate of drug-likeness (QED) is 0.0945. The van der Waals surface area contributed by atoms with Crippen LogP contribution in [-0.2, 0) is 33.9 Å². The van der Waals surface area contributed by atoms with E-state index in [4.69, 9.17) is 30.8 Å². The molecule has 2 fully saturated rings. The third-order valence-electron chi connectivity index (χ3n) is 11.2. The van der Waals surface area contributed by atoms with E-state index in [-0.39, 0.29) is 49.7 Å². The Kier molecular flexibility index (Phi) is 14.5. The maximum atomic E-state index is 14.8. The van der Waals surface area contributed by atoms with Gasteiger partial charge < -0.3 is 34.6 Å². The van der Waals surface area contributed by atoms with Gasteiger partial charge in [0.05, 0.1) is 35.2 Å². The minimum Gasteiger partial charge on any atom is -0.497 e. The topological polar surface area (TPSA) is 203 Å². The van der Waals surface area contributed by atoms with Gasteiger partial charge in [-0.2, -0.15) is 0 Å². The number of alkyl halides is 1. The number of carbonyl (C=O) groups excluding carboxylic acids is 5. The average molecular weight is 917 g/mol. The van der Waals surface area contributed by atoms with Crippen molar-refractivity contribution in [3.63, 3.8) is 0 Å². The summed E-state index contributed by atoms with van der Waals surface area (Å²) in [7, 11) is -1.18. The van der Waals surface area contributed by atoms with E-state index >= 15 is 0 Å². The van der Waals surface area contributed by atoms with Crippen molar-refractivity contribution >= 4 is 62.2 Å². The van der Waals surface area contributed by atoms with Gasteiger partial charge in [-0.15, -0.1) is 18.2 Å². The molecule has 16 nitrogen and oxygen atoms in total. The first-order valence-electron chi connectivity index (χ1n) is 20.7. The Labute approximate surface area is 377 Å². The van der Waals surface area contributed by atoms with Crippen molar-refractivity contribution in [2.45, 2.75) is 68.7 Å². The molecular weight excluding hydrogens is 864 g/mol.